The molecule has 0 aromatic carbocycles. The summed E-state index contributed by atoms with van der Waals surface area (Å²) in [4.78, 5) is 14.4. The van der Waals surface area contributed by atoms with Gasteiger partial charge in [0.25, 0.3) is 0 Å². The van der Waals surface area contributed by atoms with Gasteiger partial charge in [-0.2, -0.15) is 15.0 Å². The molecule has 6 nitrogen and oxygen atoms in total. The fraction of sp³-hybridized carbons (Fsp3) is 0.462. The zero-order valence-corrected chi connectivity index (χ0v) is 12.6. The number of rotatable bonds is 6. The van der Waals surface area contributed by atoms with Crippen molar-refractivity contribution in [2.24, 2.45) is 0 Å². The van der Waals surface area contributed by atoms with E-state index in [0.29, 0.717) is 18.4 Å². The lowest BCUT2D eigenvalue weighted by Crippen LogP contribution is -2.20. The minimum Gasteiger partial charge on any atom is -0.464 e. The number of hydrogen-bond donors (Lipinski definition) is 1. The van der Waals surface area contributed by atoms with E-state index in [1.807, 2.05) is 31.0 Å². The third kappa shape index (κ3) is 3.84. The molecule has 0 saturated heterocycles. The third-order valence-electron chi connectivity index (χ3n) is 2.66. The Hall–Kier alpha value is -1.82. The number of aryl methyl sites for hydroxylation is 1. The average molecular weight is 296 g/mol. The van der Waals surface area contributed by atoms with Gasteiger partial charge in [-0.05, 0) is 37.1 Å². The van der Waals surface area contributed by atoms with E-state index in [2.05, 4.69) is 27.2 Å². The van der Waals surface area contributed by atoms with E-state index in [4.69, 9.17) is 16.0 Å². The molecule has 2 aromatic heterocycles. The SMILES string of the molecule is CCCNc1nc(Cl)nc(N(C)Cc2ccc(C)o2)n1. The zero-order valence-electron chi connectivity index (χ0n) is 11.9. The third-order valence-corrected chi connectivity index (χ3v) is 2.83. The Morgan fingerprint density at radius 2 is 2.10 bits per heavy atom. The van der Waals surface area contributed by atoms with Crippen molar-refractivity contribution in [3.8, 4) is 0 Å². The van der Waals surface area contributed by atoms with Crippen LogP contribution in [0.3, 0.4) is 0 Å². The molecule has 0 bridgehead atoms. The molecule has 7 heteroatoms. The van der Waals surface area contributed by atoms with Crippen LogP contribution in [-0.4, -0.2) is 28.5 Å². The first-order valence-corrected chi connectivity index (χ1v) is 6.88. The highest BCUT2D eigenvalue weighted by atomic mass is 35.5. The van der Waals surface area contributed by atoms with Crippen molar-refractivity contribution < 1.29 is 4.42 Å². The molecule has 0 unspecified atom stereocenters. The molecule has 2 heterocycles. The molecule has 0 aliphatic carbocycles. The Balaban J connectivity index is 2.12. The van der Waals surface area contributed by atoms with E-state index in [1.54, 1.807) is 0 Å². The van der Waals surface area contributed by atoms with Crippen LogP contribution in [0.1, 0.15) is 24.9 Å². The Morgan fingerprint density at radius 3 is 2.75 bits per heavy atom. The number of aromatic nitrogens is 3. The molecule has 0 aliphatic rings. The Morgan fingerprint density at radius 1 is 1.30 bits per heavy atom. The molecule has 2 aromatic rings. The second-order valence-corrected chi connectivity index (χ2v) is 4.86. The molecule has 0 atom stereocenters. The molecule has 2 rings (SSSR count). The van der Waals surface area contributed by atoms with Gasteiger partial charge >= 0.3 is 0 Å². The van der Waals surface area contributed by atoms with Crippen molar-refractivity contribution in [3.63, 3.8) is 0 Å². The molecule has 0 fully saturated rings. The normalized spacial score (nSPS) is 10.6. The highest BCUT2D eigenvalue weighted by Gasteiger charge is 2.11. The van der Waals surface area contributed by atoms with Gasteiger partial charge in [0.2, 0.25) is 17.2 Å². The van der Waals surface area contributed by atoms with Crippen molar-refractivity contribution in [2.75, 3.05) is 23.8 Å². The fourth-order valence-corrected chi connectivity index (χ4v) is 1.86. The van der Waals surface area contributed by atoms with Crippen molar-refractivity contribution >= 4 is 23.5 Å². The first kappa shape index (κ1) is 14.6. The predicted molar refractivity (Wildman–Crippen MR) is 79.2 cm³/mol. The van der Waals surface area contributed by atoms with E-state index in [1.165, 1.54) is 0 Å². The number of hydrogen-bond acceptors (Lipinski definition) is 6. The van der Waals surface area contributed by atoms with Gasteiger partial charge in [0.1, 0.15) is 11.5 Å². The van der Waals surface area contributed by atoms with Crippen molar-refractivity contribution in [1.29, 1.82) is 0 Å². The van der Waals surface area contributed by atoms with E-state index in [-0.39, 0.29) is 5.28 Å². The Labute approximate surface area is 123 Å². The predicted octanol–water partition coefficient (Wildman–Crippen LogP) is 2.88. The number of nitrogens with zero attached hydrogens (tertiary/aromatic N) is 4. The summed E-state index contributed by atoms with van der Waals surface area (Å²) >= 11 is 5.93. The Kier molecular flexibility index (Phi) is 4.79. The molecule has 0 radical (unpaired) electrons. The fourth-order valence-electron chi connectivity index (χ4n) is 1.70. The second-order valence-electron chi connectivity index (χ2n) is 4.52. The largest absolute Gasteiger partial charge is 0.464 e. The highest BCUT2D eigenvalue weighted by molar-refractivity contribution is 6.28. The molecule has 0 aliphatic heterocycles. The number of anilines is 2. The summed E-state index contributed by atoms with van der Waals surface area (Å²) in [5.74, 6) is 2.74. The summed E-state index contributed by atoms with van der Waals surface area (Å²) in [5, 5.41) is 3.28. The lowest BCUT2D eigenvalue weighted by Gasteiger charge is -2.16. The molecule has 0 spiro atoms. The molecule has 0 saturated carbocycles. The quantitative estimate of drug-likeness (QED) is 0.884. The second kappa shape index (κ2) is 6.56. The molecular formula is C13H18ClN5O. The van der Waals surface area contributed by atoms with Crippen molar-refractivity contribution in [3.05, 3.63) is 28.9 Å². The number of furan rings is 1. The van der Waals surface area contributed by atoms with Crippen molar-refractivity contribution in [1.82, 2.24) is 15.0 Å². The van der Waals surface area contributed by atoms with Crippen LogP contribution in [0.4, 0.5) is 11.9 Å². The topological polar surface area (TPSA) is 67.1 Å². The van der Waals surface area contributed by atoms with Crippen LogP contribution >= 0.6 is 11.6 Å². The van der Waals surface area contributed by atoms with Crippen LogP contribution in [0.2, 0.25) is 5.28 Å². The van der Waals surface area contributed by atoms with Crippen LogP contribution < -0.4 is 10.2 Å². The molecule has 1 N–H and O–H groups in total. The number of halogens is 1. The van der Waals surface area contributed by atoms with Gasteiger partial charge in [0.05, 0.1) is 6.54 Å². The minimum atomic E-state index is 0.177. The first-order chi connectivity index (χ1) is 9.58. The van der Waals surface area contributed by atoms with Crippen LogP contribution in [0.15, 0.2) is 16.5 Å². The van der Waals surface area contributed by atoms with Gasteiger partial charge in [-0.3, -0.25) is 0 Å². The molecule has 20 heavy (non-hydrogen) atoms. The molecule has 0 amide bonds. The van der Waals surface area contributed by atoms with E-state index in [0.717, 1.165) is 24.5 Å². The van der Waals surface area contributed by atoms with Crippen LogP contribution in [0.5, 0.6) is 0 Å². The van der Waals surface area contributed by atoms with Gasteiger partial charge in [0.15, 0.2) is 0 Å². The summed E-state index contributed by atoms with van der Waals surface area (Å²) in [5.41, 5.74) is 0. The lowest BCUT2D eigenvalue weighted by atomic mass is 10.4. The maximum absolute atomic E-state index is 5.93. The molecular weight excluding hydrogens is 278 g/mol. The van der Waals surface area contributed by atoms with E-state index < -0.39 is 0 Å². The van der Waals surface area contributed by atoms with Gasteiger partial charge in [0, 0.05) is 13.6 Å². The van der Waals surface area contributed by atoms with Gasteiger partial charge in [-0.15, -0.1) is 0 Å². The Bertz CT molecular complexity index is 572. The minimum absolute atomic E-state index is 0.177. The summed E-state index contributed by atoms with van der Waals surface area (Å²) in [6.07, 6.45) is 0.986. The summed E-state index contributed by atoms with van der Waals surface area (Å²) < 4.78 is 5.54. The van der Waals surface area contributed by atoms with Crippen LogP contribution in [0, 0.1) is 6.92 Å². The summed E-state index contributed by atoms with van der Waals surface area (Å²) in [6.45, 7) is 5.35. The van der Waals surface area contributed by atoms with Gasteiger partial charge < -0.3 is 14.6 Å². The van der Waals surface area contributed by atoms with Gasteiger partial charge in [-0.1, -0.05) is 6.92 Å². The standard InChI is InChI=1S/C13H18ClN5O/c1-4-7-15-12-16-11(14)17-13(18-12)19(3)8-10-6-5-9(2)20-10/h5-6H,4,7-8H2,1-3H3,(H,15,16,17,18). The van der Waals surface area contributed by atoms with Crippen molar-refractivity contribution in [2.45, 2.75) is 26.8 Å². The maximum atomic E-state index is 5.93. The van der Waals surface area contributed by atoms with E-state index in [9.17, 15) is 0 Å². The summed E-state index contributed by atoms with van der Waals surface area (Å²) in [6, 6.07) is 3.86. The maximum Gasteiger partial charge on any atom is 0.231 e. The van der Waals surface area contributed by atoms with Crippen LogP contribution in [0.25, 0.3) is 0 Å². The lowest BCUT2D eigenvalue weighted by molar-refractivity contribution is 0.480. The first-order valence-electron chi connectivity index (χ1n) is 6.50. The summed E-state index contributed by atoms with van der Waals surface area (Å²) in [7, 11) is 1.88. The zero-order chi connectivity index (χ0) is 14.5. The molecule has 108 valence electrons. The smallest absolute Gasteiger partial charge is 0.231 e. The van der Waals surface area contributed by atoms with E-state index >= 15 is 0 Å². The average Bonchev–Trinajstić information content (AvgIpc) is 2.81. The van der Waals surface area contributed by atoms with Gasteiger partial charge in [-0.25, -0.2) is 0 Å². The van der Waals surface area contributed by atoms with Crippen LogP contribution in [-0.2, 0) is 6.54 Å². The highest BCUT2D eigenvalue weighted by Crippen LogP contribution is 2.16. The monoisotopic (exact) mass is 295 g/mol. The number of nitrogens with one attached hydrogen (secondary N) is 1.